The molecule has 0 N–H and O–H groups in total. The minimum absolute atomic E-state index is 0.0596. The number of carbonyl (C=O) groups excluding carboxylic acids is 1. The maximum atomic E-state index is 13.7. The number of carbonyl (C=O) groups is 1. The summed E-state index contributed by atoms with van der Waals surface area (Å²) in [4.78, 5) is 14.5. The monoisotopic (exact) mass is 462 g/mol. The third-order valence-electron chi connectivity index (χ3n) is 5.31. The van der Waals surface area contributed by atoms with Gasteiger partial charge in [-0.25, -0.2) is 4.90 Å². The lowest BCUT2D eigenvalue weighted by molar-refractivity contribution is -0.155. The molecule has 0 aliphatic carbocycles. The number of aromatic nitrogens is 2. The molecule has 1 aromatic heterocycles. The smallest absolute Gasteiger partial charge is 0.314 e. The Labute approximate surface area is 194 Å². The first-order chi connectivity index (χ1) is 15.0. The largest absolute Gasteiger partial charge is 0.622 e. The molecule has 8 nitrogen and oxygen atoms in total. The van der Waals surface area contributed by atoms with Crippen molar-refractivity contribution in [3.63, 3.8) is 0 Å². The van der Waals surface area contributed by atoms with Gasteiger partial charge in [-0.15, -0.1) is 5.10 Å². The van der Waals surface area contributed by atoms with Gasteiger partial charge in [0.25, 0.3) is 6.23 Å². The highest BCUT2D eigenvalue weighted by atomic mass is 32.1. The van der Waals surface area contributed by atoms with Gasteiger partial charge in [-0.1, -0.05) is 57.4 Å². The highest BCUT2D eigenvalue weighted by molar-refractivity contribution is 7.15. The third-order valence-corrected chi connectivity index (χ3v) is 6.77. The van der Waals surface area contributed by atoms with Crippen LogP contribution in [-0.2, 0) is 21.4 Å². The zero-order valence-corrected chi connectivity index (χ0v) is 20.6. The van der Waals surface area contributed by atoms with Crippen molar-refractivity contribution in [3.05, 3.63) is 40.0 Å². The summed E-state index contributed by atoms with van der Waals surface area (Å²) in [7, 11) is 1.83. The summed E-state index contributed by atoms with van der Waals surface area (Å²) >= 11 is 1.29. The lowest BCUT2D eigenvalue weighted by Crippen LogP contribution is -2.51. The number of nitrogens with zero attached hydrogens (tertiary/aromatic N) is 4. The van der Waals surface area contributed by atoms with Crippen LogP contribution in [0, 0.1) is 5.21 Å². The topological polar surface area (TPSA) is 87.6 Å². The number of benzene rings is 1. The van der Waals surface area contributed by atoms with Crippen LogP contribution in [0.3, 0.4) is 0 Å². The number of likely N-dealkylation sites (N-methyl/N-ethyl adjacent to an activating group) is 1. The van der Waals surface area contributed by atoms with Gasteiger partial charge in [-0.3, -0.25) is 9.44 Å². The number of esters is 1. The number of rotatable bonds is 8. The average molecular weight is 463 g/mol. The minimum Gasteiger partial charge on any atom is -0.622 e. The van der Waals surface area contributed by atoms with Crippen molar-refractivity contribution in [3.8, 4) is 5.75 Å². The molecule has 9 heteroatoms. The molecule has 0 amide bonds. The van der Waals surface area contributed by atoms with Crippen molar-refractivity contribution < 1.29 is 14.3 Å². The molecule has 3 atom stereocenters. The Hall–Kier alpha value is -2.07. The van der Waals surface area contributed by atoms with Crippen LogP contribution in [0.2, 0.25) is 0 Å². The summed E-state index contributed by atoms with van der Waals surface area (Å²) in [5.41, 5.74) is 0.919. The predicted molar refractivity (Wildman–Crippen MR) is 126 cm³/mol. The van der Waals surface area contributed by atoms with Crippen molar-refractivity contribution in [1.82, 2.24) is 19.7 Å². The molecule has 0 radical (unpaired) electrons. The van der Waals surface area contributed by atoms with Crippen LogP contribution in [0.25, 0.3) is 0 Å². The maximum Gasteiger partial charge on any atom is 0.314 e. The van der Waals surface area contributed by atoms with Gasteiger partial charge in [0.15, 0.2) is 0 Å². The van der Waals surface area contributed by atoms with Gasteiger partial charge in [-0.2, -0.15) is 0 Å². The summed E-state index contributed by atoms with van der Waals surface area (Å²) in [6, 6.07) is 7.86. The van der Waals surface area contributed by atoms with Gasteiger partial charge in [0.05, 0.1) is 13.0 Å². The van der Waals surface area contributed by atoms with Crippen LogP contribution >= 0.6 is 11.3 Å². The fraction of sp³-hybridized carbons (Fsp3) is 0.609. The molecule has 1 aliphatic heterocycles. The van der Waals surface area contributed by atoms with E-state index in [-0.39, 0.29) is 24.6 Å². The summed E-state index contributed by atoms with van der Waals surface area (Å²) < 4.78 is 10.9. The van der Waals surface area contributed by atoms with E-state index in [2.05, 4.69) is 17.1 Å². The van der Waals surface area contributed by atoms with Gasteiger partial charge < -0.3 is 14.7 Å². The molecule has 1 fully saturated rings. The molecule has 0 spiro atoms. The first kappa shape index (κ1) is 24.6. The quantitative estimate of drug-likeness (QED) is 0.330. The Morgan fingerprint density at radius 3 is 2.72 bits per heavy atom. The number of hydroxylamine groups is 2. The number of ether oxygens (including phenoxy) is 2. The van der Waals surface area contributed by atoms with E-state index >= 15 is 0 Å². The van der Waals surface area contributed by atoms with E-state index in [1.54, 1.807) is 0 Å². The molecule has 1 aliphatic rings. The minimum atomic E-state index is -0.882. The van der Waals surface area contributed by atoms with Gasteiger partial charge in [0.2, 0.25) is 0 Å². The molecule has 32 heavy (non-hydrogen) atoms. The second kappa shape index (κ2) is 9.82. The van der Waals surface area contributed by atoms with E-state index in [9.17, 15) is 10.0 Å². The third kappa shape index (κ3) is 5.64. The Morgan fingerprint density at radius 2 is 2.06 bits per heavy atom. The standard InChI is InChI=1S/C23H34N4O4S/c1-7-10-17-11-8-9-12-18(17)30-16(2)13-20(28)31-19-14-26(6)15-27(19,29)22-25-24-21(32-22)23(3,4)5/h8-9,11-12,16,19H,7,10,13-15H2,1-6H3. The van der Waals surface area contributed by atoms with E-state index in [1.165, 1.54) is 11.3 Å². The van der Waals surface area contributed by atoms with E-state index in [1.807, 2.05) is 63.9 Å². The molecule has 0 bridgehead atoms. The molecule has 3 unspecified atom stereocenters. The summed E-state index contributed by atoms with van der Waals surface area (Å²) in [5, 5.41) is 23.2. The fourth-order valence-corrected chi connectivity index (χ4v) is 4.64. The van der Waals surface area contributed by atoms with Crippen molar-refractivity contribution >= 4 is 22.4 Å². The second-order valence-electron chi connectivity index (χ2n) is 9.55. The molecular formula is C23H34N4O4S. The Balaban J connectivity index is 1.66. The Morgan fingerprint density at radius 1 is 1.34 bits per heavy atom. The lowest BCUT2D eigenvalue weighted by Gasteiger charge is -2.38. The summed E-state index contributed by atoms with van der Waals surface area (Å²) in [5.74, 6) is 0.331. The van der Waals surface area contributed by atoms with Crippen LogP contribution in [0.15, 0.2) is 24.3 Å². The molecule has 2 aromatic rings. The maximum absolute atomic E-state index is 13.7. The van der Waals surface area contributed by atoms with Crippen molar-refractivity contribution in [1.29, 1.82) is 0 Å². The number of para-hydroxylation sites is 1. The van der Waals surface area contributed by atoms with Crippen LogP contribution in [0.1, 0.15) is 58.0 Å². The molecule has 0 saturated carbocycles. The molecule has 1 aromatic carbocycles. The highest BCUT2D eigenvalue weighted by Gasteiger charge is 2.45. The molecule has 3 rings (SSSR count). The second-order valence-corrected chi connectivity index (χ2v) is 10.5. The van der Waals surface area contributed by atoms with Gasteiger partial charge in [0.1, 0.15) is 23.5 Å². The van der Waals surface area contributed by atoms with E-state index in [0.29, 0.717) is 11.7 Å². The van der Waals surface area contributed by atoms with E-state index in [4.69, 9.17) is 9.47 Å². The number of hydrogen-bond acceptors (Lipinski definition) is 8. The predicted octanol–water partition coefficient (Wildman–Crippen LogP) is 4.22. The van der Waals surface area contributed by atoms with Crippen LogP contribution in [0.4, 0.5) is 5.13 Å². The van der Waals surface area contributed by atoms with Gasteiger partial charge in [-0.05, 0) is 43.4 Å². The van der Waals surface area contributed by atoms with Crippen LogP contribution in [-0.4, -0.2) is 53.7 Å². The van der Waals surface area contributed by atoms with E-state index < -0.39 is 16.8 Å². The van der Waals surface area contributed by atoms with Gasteiger partial charge in [0, 0.05) is 5.41 Å². The molecular weight excluding hydrogens is 428 g/mol. The molecule has 176 valence electrons. The van der Waals surface area contributed by atoms with Crippen LogP contribution < -0.4 is 9.38 Å². The normalized spacial score (nSPS) is 22.7. The average Bonchev–Trinajstić information content (AvgIpc) is 3.29. The fourth-order valence-electron chi connectivity index (χ4n) is 3.67. The zero-order chi connectivity index (χ0) is 23.5. The SMILES string of the molecule is CCCc1ccccc1OC(C)CC(=O)OC1CN(C)C[N+]1([O-])c1nnc(C(C)(C)C)s1. The Kier molecular flexibility index (Phi) is 7.54. The number of hydrogen-bond donors (Lipinski definition) is 0. The Bertz CT molecular complexity index is 929. The lowest BCUT2D eigenvalue weighted by atomic mass is 9.98. The first-order valence-electron chi connectivity index (χ1n) is 11.1. The molecule has 1 saturated heterocycles. The summed E-state index contributed by atoms with van der Waals surface area (Å²) in [6.07, 6.45) is 0.730. The highest BCUT2D eigenvalue weighted by Crippen LogP contribution is 2.37. The molecule has 2 heterocycles. The van der Waals surface area contributed by atoms with Crippen LogP contribution in [0.5, 0.6) is 5.75 Å². The van der Waals surface area contributed by atoms with Crippen molar-refractivity contribution in [2.24, 2.45) is 0 Å². The van der Waals surface area contributed by atoms with Gasteiger partial charge >= 0.3 is 11.1 Å². The number of quaternary nitrogens is 1. The summed E-state index contributed by atoms with van der Waals surface area (Å²) in [6.45, 7) is 10.5. The number of aryl methyl sites for hydroxylation is 1. The zero-order valence-electron chi connectivity index (χ0n) is 19.8. The first-order valence-corrected chi connectivity index (χ1v) is 11.9. The van der Waals surface area contributed by atoms with Crippen molar-refractivity contribution in [2.45, 2.75) is 71.6 Å². The van der Waals surface area contributed by atoms with Crippen molar-refractivity contribution in [2.75, 3.05) is 20.3 Å². The van der Waals surface area contributed by atoms with E-state index in [0.717, 1.165) is 29.2 Å².